The highest BCUT2D eigenvalue weighted by Gasteiger charge is 2.36. The van der Waals surface area contributed by atoms with Gasteiger partial charge in [0.2, 0.25) is 0 Å². The van der Waals surface area contributed by atoms with Gasteiger partial charge in [-0.3, -0.25) is 13.9 Å². The van der Waals surface area contributed by atoms with E-state index >= 15 is 0 Å². The summed E-state index contributed by atoms with van der Waals surface area (Å²) in [6.45, 7) is 0.459. The van der Waals surface area contributed by atoms with Crippen molar-refractivity contribution in [1.29, 1.82) is 0 Å². The molecular weight excluding hydrogens is 502 g/mol. The Balaban J connectivity index is 1.29. The van der Waals surface area contributed by atoms with Gasteiger partial charge < -0.3 is 20.5 Å². The van der Waals surface area contributed by atoms with Crippen LogP contribution in [0.15, 0.2) is 64.2 Å². The molecule has 3 N–H and O–H groups in total. The molecule has 2 aliphatic heterocycles. The SMILES string of the molecule is O=C(NCC1(O)CCOc2ccccc21)C(=O)Nc1ccc2c(c1)N(S(=O)(=O)c1cccs1)CCC2. The molecule has 3 heterocycles. The van der Waals surface area contributed by atoms with E-state index in [1.54, 1.807) is 60.0 Å². The Morgan fingerprint density at radius 1 is 1.11 bits per heavy atom. The van der Waals surface area contributed by atoms with E-state index in [1.807, 2.05) is 0 Å². The number of aliphatic hydroxyl groups is 1. The third-order valence-corrected chi connectivity index (χ3v) is 9.55. The minimum absolute atomic E-state index is 0.156. The number of hydrogen-bond donors (Lipinski definition) is 3. The highest BCUT2D eigenvalue weighted by molar-refractivity contribution is 7.94. The van der Waals surface area contributed by atoms with E-state index in [1.165, 1.54) is 4.31 Å². The molecule has 36 heavy (non-hydrogen) atoms. The third kappa shape index (κ3) is 4.57. The molecule has 1 atom stereocenters. The zero-order chi connectivity index (χ0) is 25.3. The number of carbonyl (C=O) groups excluding carboxylic acids is 2. The Hall–Kier alpha value is -3.41. The predicted molar refractivity (Wildman–Crippen MR) is 136 cm³/mol. The van der Waals surface area contributed by atoms with Crippen molar-refractivity contribution in [2.45, 2.75) is 29.1 Å². The number of amides is 2. The molecule has 9 nitrogen and oxygen atoms in total. The number of ether oxygens (including phenoxy) is 1. The number of rotatable bonds is 5. The molecule has 0 saturated carbocycles. The van der Waals surface area contributed by atoms with E-state index in [0.29, 0.717) is 42.1 Å². The Kier molecular flexibility index (Phi) is 6.45. The molecule has 0 radical (unpaired) electrons. The average Bonchev–Trinajstić information content (AvgIpc) is 3.43. The molecule has 2 aromatic carbocycles. The fourth-order valence-electron chi connectivity index (χ4n) is 4.51. The highest BCUT2D eigenvalue weighted by Crippen LogP contribution is 2.37. The van der Waals surface area contributed by atoms with Gasteiger partial charge in [-0.15, -0.1) is 11.3 Å². The van der Waals surface area contributed by atoms with Gasteiger partial charge in [0.15, 0.2) is 0 Å². The monoisotopic (exact) mass is 527 g/mol. The molecule has 2 aliphatic rings. The summed E-state index contributed by atoms with van der Waals surface area (Å²) >= 11 is 1.15. The fraction of sp³-hybridized carbons (Fsp3) is 0.280. The minimum Gasteiger partial charge on any atom is -0.493 e. The molecule has 188 valence electrons. The highest BCUT2D eigenvalue weighted by atomic mass is 32.2. The summed E-state index contributed by atoms with van der Waals surface area (Å²) in [5.74, 6) is -1.28. The zero-order valence-corrected chi connectivity index (χ0v) is 20.9. The Bertz CT molecular complexity index is 1410. The standard InChI is InChI=1S/C25H25N3O6S2/c29-23(26-16-25(31)11-13-34-21-7-2-1-6-19(21)25)24(30)27-18-10-9-17-5-3-12-28(20(17)15-18)36(32,33)22-8-4-14-35-22/h1-2,4,6-10,14-15,31H,3,5,11-13,16H2,(H,26,29)(H,27,30). The summed E-state index contributed by atoms with van der Waals surface area (Å²) < 4.78 is 33.5. The smallest absolute Gasteiger partial charge is 0.313 e. The fourth-order valence-corrected chi connectivity index (χ4v) is 7.14. The lowest BCUT2D eigenvalue weighted by atomic mass is 9.88. The van der Waals surface area contributed by atoms with Crippen molar-refractivity contribution in [2.24, 2.45) is 0 Å². The maximum absolute atomic E-state index is 13.2. The summed E-state index contributed by atoms with van der Waals surface area (Å²) in [5.41, 5.74) is 0.842. The molecule has 1 unspecified atom stereocenters. The summed E-state index contributed by atoms with van der Waals surface area (Å²) in [4.78, 5) is 25.2. The number of sulfonamides is 1. The lowest BCUT2D eigenvalue weighted by Crippen LogP contribution is -2.46. The van der Waals surface area contributed by atoms with Gasteiger partial charge in [0, 0.05) is 24.2 Å². The Morgan fingerprint density at radius 2 is 1.94 bits per heavy atom. The number of hydrogen-bond acceptors (Lipinski definition) is 7. The van der Waals surface area contributed by atoms with E-state index < -0.39 is 27.4 Å². The molecule has 0 fully saturated rings. The van der Waals surface area contributed by atoms with Crippen LogP contribution in [-0.4, -0.2) is 45.0 Å². The second kappa shape index (κ2) is 9.57. The first-order chi connectivity index (χ1) is 17.3. The normalized spacial score (nSPS) is 19.0. The number of nitrogens with zero attached hydrogens (tertiary/aromatic N) is 1. The van der Waals surface area contributed by atoms with Crippen molar-refractivity contribution in [3.05, 3.63) is 71.1 Å². The van der Waals surface area contributed by atoms with Crippen molar-refractivity contribution in [1.82, 2.24) is 5.32 Å². The van der Waals surface area contributed by atoms with Crippen LogP contribution in [0.4, 0.5) is 11.4 Å². The molecule has 0 bridgehead atoms. The van der Waals surface area contributed by atoms with Gasteiger partial charge in [0.25, 0.3) is 10.0 Å². The molecule has 5 rings (SSSR count). The largest absolute Gasteiger partial charge is 0.493 e. The van der Waals surface area contributed by atoms with Gasteiger partial charge in [0.1, 0.15) is 15.6 Å². The van der Waals surface area contributed by atoms with Crippen molar-refractivity contribution in [3.8, 4) is 5.75 Å². The summed E-state index contributed by atoms with van der Waals surface area (Å²) in [6, 6.07) is 15.3. The maximum atomic E-state index is 13.2. The summed E-state index contributed by atoms with van der Waals surface area (Å²) in [5, 5.41) is 17.8. The Labute approximate surface area is 212 Å². The van der Waals surface area contributed by atoms with Crippen LogP contribution < -0.4 is 19.7 Å². The number of thiophene rings is 1. The quantitative estimate of drug-likeness (QED) is 0.438. The molecule has 0 aliphatic carbocycles. The van der Waals surface area contributed by atoms with Gasteiger partial charge in [-0.1, -0.05) is 30.3 Å². The van der Waals surface area contributed by atoms with Gasteiger partial charge in [-0.05, 0) is 48.1 Å². The number of nitrogens with one attached hydrogen (secondary N) is 2. The second-order valence-corrected chi connectivity index (χ2v) is 11.8. The van der Waals surface area contributed by atoms with Gasteiger partial charge in [-0.25, -0.2) is 8.42 Å². The lowest BCUT2D eigenvalue weighted by molar-refractivity contribution is -0.137. The molecule has 0 saturated heterocycles. The average molecular weight is 528 g/mol. The van der Waals surface area contributed by atoms with Gasteiger partial charge in [-0.2, -0.15) is 0 Å². The number of anilines is 2. The number of benzene rings is 2. The van der Waals surface area contributed by atoms with Gasteiger partial charge in [0.05, 0.1) is 18.8 Å². The van der Waals surface area contributed by atoms with Crippen LogP contribution in [0.25, 0.3) is 0 Å². The topological polar surface area (TPSA) is 125 Å². The van der Waals surface area contributed by atoms with Crippen LogP contribution in [0.5, 0.6) is 5.75 Å². The predicted octanol–water partition coefficient (Wildman–Crippen LogP) is 2.61. The molecule has 1 aromatic heterocycles. The van der Waals surface area contributed by atoms with Crippen LogP contribution in [-0.2, 0) is 31.6 Å². The van der Waals surface area contributed by atoms with E-state index in [-0.39, 0.29) is 23.8 Å². The number of carbonyl (C=O) groups is 2. The lowest BCUT2D eigenvalue weighted by Gasteiger charge is -2.34. The van der Waals surface area contributed by atoms with Gasteiger partial charge >= 0.3 is 11.8 Å². The van der Waals surface area contributed by atoms with E-state index in [4.69, 9.17) is 4.74 Å². The second-order valence-electron chi connectivity index (χ2n) is 8.72. The molecule has 3 aromatic rings. The third-order valence-electron chi connectivity index (χ3n) is 6.37. The van der Waals surface area contributed by atoms with Crippen molar-refractivity contribution in [3.63, 3.8) is 0 Å². The van der Waals surface area contributed by atoms with Crippen LogP contribution >= 0.6 is 11.3 Å². The molecular formula is C25H25N3O6S2. The first kappa shape index (κ1) is 24.3. The minimum atomic E-state index is -3.72. The molecule has 0 spiro atoms. The summed E-state index contributed by atoms with van der Waals surface area (Å²) in [7, 11) is -3.72. The number of para-hydroxylation sites is 1. The first-order valence-electron chi connectivity index (χ1n) is 11.5. The van der Waals surface area contributed by atoms with E-state index in [9.17, 15) is 23.1 Å². The number of aryl methyl sites for hydroxylation is 1. The van der Waals surface area contributed by atoms with Crippen molar-refractivity contribution in [2.75, 3.05) is 29.3 Å². The molecule has 11 heteroatoms. The van der Waals surface area contributed by atoms with Crippen molar-refractivity contribution >= 4 is 44.5 Å². The first-order valence-corrected chi connectivity index (χ1v) is 13.8. The van der Waals surface area contributed by atoms with E-state index in [0.717, 1.165) is 16.9 Å². The van der Waals surface area contributed by atoms with Crippen LogP contribution in [0.1, 0.15) is 24.0 Å². The number of fused-ring (bicyclic) bond motifs is 2. The van der Waals surface area contributed by atoms with Crippen molar-refractivity contribution < 1.29 is 27.9 Å². The van der Waals surface area contributed by atoms with E-state index in [2.05, 4.69) is 10.6 Å². The van der Waals surface area contributed by atoms with Crippen LogP contribution in [0.3, 0.4) is 0 Å². The van der Waals surface area contributed by atoms with Crippen LogP contribution in [0, 0.1) is 0 Å². The zero-order valence-electron chi connectivity index (χ0n) is 19.3. The summed E-state index contributed by atoms with van der Waals surface area (Å²) in [6.07, 6.45) is 1.67. The van der Waals surface area contributed by atoms with Crippen LogP contribution in [0.2, 0.25) is 0 Å². The Morgan fingerprint density at radius 3 is 2.75 bits per heavy atom. The molecule has 2 amide bonds. The maximum Gasteiger partial charge on any atom is 0.313 e.